The highest BCUT2D eigenvalue weighted by Gasteiger charge is 2.32. The molecular formula is C33H54O2. The van der Waals surface area contributed by atoms with E-state index in [1.807, 2.05) is 13.8 Å². The van der Waals surface area contributed by atoms with Gasteiger partial charge in [0.2, 0.25) is 0 Å². The lowest BCUT2D eigenvalue weighted by molar-refractivity contribution is 0.0955. The van der Waals surface area contributed by atoms with Crippen LogP contribution in [-0.4, -0.2) is 11.2 Å². The van der Waals surface area contributed by atoms with Crippen molar-refractivity contribution in [2.45, 2.75) is 139 Å². The predicted octanol–water partition coefficient (Wildman–Crippen LogP) is 9.48. The van der Waals surface area contributed by atoms with E-state index in [-0.39, 0.29) is 6.10 Å². The minimum atomic E-state index is 0.163. The minimum Gasteiger partial charge on any atom is -0.507 e. The predicted molar refractivity (Wildman–Crippen MR) is 151 cm³/mol. The van der Waals surface area contributed by atoms with Crippen molar-refractivity contribution in [3.63, 3.8) is 0 Å². The van der Waals surface area contributed by atoms with Gasteiger partial charge in [0.25, 0.3) is 0 Å². The molecular weight excluding hydrogens is 428 g/mol. The van der Waals surface area contributed by atoms with Crippen molar-refractivity contribution in [3.05, 3.63) is 22.3 Å². The average Bonchev–Trinajstić information content (AvgIpc) is 2.78. The molecule has 1 aromatic carbocycles. The lowest BCUT2D eigenvalue weighted by atomic mass is 9.75. The molecule has 0 saturated heterocycles. The normalized spacial score (nSPS) is 17.1. The summed E-state index contributed by atoms with van der Waals surface area (Å²) in [5, 5.41) is 10.5. The van der Waals surface area contributed by atoms with Gasteiger partial charge in [-0.05, 0) is 99.2 Å². The standard InChI is InChI=1S/C33H54O2/c1-11-14-27(29-17-16-28-26(6)30(34)24(4)25(5)31(28)35-29)18-22-33(9,10)21-13-20-32(7,8)19-12-15-23(2)3/h1,23,27,29,34H,12-22H2,2-10H3/t27?,29-/m0/s1. The van der Waals surface area contributed by atoms with E-state index in [4.69, 9.17) is 11.2 Å². The Morgan fingerprint density at radius 3 is 2.11 bits per heavy atom. The number of phenols is 1. The molecule has 0 radical (unpaired) electrons. The highest BCUT2D eigenvalue weighted by Crippen LogP contribution is 2.43. The maximum absolute atomic E-state index is 10.5. The molecule has 1 aromatic rings. The first-order valence-corrected chi connectivity index (χ1v) is 14.2. The van der Waals surface area contributed by atoms with Crippen molar-refractivity contribution >= 4 is 0 Å². The molecule has 0 spiro atoms. The first-order valence-electron chi connectivity index (χ1n) is 14.2. The number of aromatic hydroxyl groups is 1. The SMILES string of the molecule is C#CCC(CCC(C)(C)CCCC(C)(C)CCCC(C)C)[C@@H]1CCc2c(C)c(O)c(C)c(C)c2O1. The fraction of sp³-hybridized carbons (Fsp3) is 0.758. The van der Waals surface area contributed by atoms with Crippen molar-refractivity contribution in [2.75, 3.05) is 0 Å². The highest BCUT2D eigenvalue weighted by molar-refractivity contribution is 5.58. The van der Waals surface area contributed by atoms with Gasteiger partial charge in [-0.2, -0.15) is 0 Å². The zero-order valence-corrected chi connectivity index (χ0v) is 24.4. The molecule has 1 aliphatic heterocycles. The molecule has 0 aliphatic carbocycles. The van der Waals surface area contributed by atoms with E-state index in [0.29, 0.717) is 22.5 Å². The molecule has 1 aliphatic rings. The summed E-state index contributed by atoms with van der Waals surface area (Å²) in [5.41, 5.74) is 4.93. The van der Waals surface area contributed by atoms with Crippen LogP contribution in [0.15, 0.2) is 0 Å². The minimum absolute atomic E-state index is 0.163. The number of terminal acetylenes is 1. The fourth-order valence-electron chi connectivity index (χ4n) is 5.89. The third-order valence-corrected chi connectivity index (χ3v) is 8.73. The van der Waals surface area contributed by atoms with Gasteiger partial charge < -0.3 is 9.84 Å². The van der Waals surface area contributed by atoms with Crippen LogP contribution in [0.3, 0.4) is 0 Å². The number of hydrogen-bond acceptors (Lipinski definition) is 2. The summed E-state index contributed by atoms with van der Waals surface area (Å²) < 4.78 is 6.63. The van der Waals surface area contributed by atoms with Crippen LogP contribution in [0.2, 0.25) is 0 Å². The second kappa shape index (κ2) is 12.6. The second-order valence-corrected chi connectivity index (χ2v) is 13.4. The first kappa shape index (κ1) is 29.6. The van der Waals surface area contributed by atoms with Gasteiger partial charge in [0.15, 0.2) is 0 Å². The van der Waals surface area contributed by atoms with E-state index in [2.05, 4.69) is 54.4 Å². The Labute approximate surface area is 217 Å². The zero-order valence-electron chi connectivity index (χ0n) is 24.4. The van der Waals surface area contributed by atoms with Crippen molar-refractivity contribution in [1.29, 1.82) is 0 Å². The Bertz CT molecular complexity index is 868. The van der Waals surface area contributed by atoms with Gasteiger partial charge in [0.05, 0.1) is 0 Å². The number of fused-ring (bicyclic) bond motifs is 1. The van der Waals surface area contributed by atoms with E-state index in [0.717, 1.165) is 54.0 Å². The Balaban J connectivity index is 1.94. The molecule has 2 rings (SSSR count). The lowest BCUT2D eigenvalue weighted by Gasteiger charge is -2.36. The molecule has 35 heavy (non-hydrogen) atoms. The third kappa shape index (κ3) is 8.48. The molecule has 2 nitrogen and oxygen atoms in total. The largest absolute Gasteiger partial charge is 0.507 e. The number of phenolic OH excluding ortho intramolecular Hbond substituents is 1. The molecule has 0 fully saturated rings. The highest BCUT2D eigenvalue weighted by atomic mass is 16.5. The number of benzene rings is 1. The van der Waals surface area contributed by atoms with Crippen LogP contribution in [0.4, 0.5) is 0 Å². The molecule has 1 heterocycles. The molecule has 1 N–H and O–H groups in total. The molecule has 0 aromatic heterocycles. The van der Waals surface area contributed by atoms with Crippen LogP contribution in [0.25, 0.3) is 0 Å². The summed E-state index contributed by atoms with van der Waals surface area (Å²) in [5.74, 6) is 5.56. The molecule has 0 amide bonds. The van der Waals surface area contributed by atoms with Gasteiger partial charge in [-0.15, -0.1) is 12.3 Å². The van der Waals surface area contributed by atoms with Crippen molar-refractivity contribution < 1.29 is 9.84 Å². The molecule has 1 unspecified atom stereocenters. The molecule has 0 saturated carbocycles. The topological polar surface area (TPSA) is 29.5 Å². The summed E-state index contributed by atoms with van der Waals surface area (Å²) in [4.78, 5) is 0. The zero-order chi connectivity index (χ0) is 26.4. The van der Waals surface area contributed by atoms with Crippen molar-refractivity contribution in [2.24, 2.45) is 22.7 Å². The molecule has 0 bridgehead atoms. The van der Waals surface area contributed by atoms with Crippen molar-refractivity contribution in [1.82, 2.24) is 0 Å². The van der Waals surface area contributed by atoms with Gasteiger partial charge >= 0.3 is 0 Å². The van der Waals surface area contributed by atoms with Crippen molar-refractivity contribution in [3.8, 4) is 23.8 Å². The number of rotatable bonds is 13. The Kier molecular flexibility index (Phi) is 10.6. The summed E-state index contributed by atoms with van der Waals surface area (Å²) in [7, 11) is 0. The monoisotopic (exact) mass is 482 g/mol. The van der Waals surface area contributed by atoms with E-state index in [9.17, 15) is 5.11 Å². The fourth-order valence-corrected chi connectivity index (χ4v) is 5.89. The summed E-state index contributed by atoms with van der Waals surface area (Å²) in [6, 6.07) is 0. The quantitative estimate of drug-likeness (QED) is 0.284. The van der Waals surface area contributed by atoms with Gasteiger partial charge in [-0.3, -0.25) is 0 Å². The smallest absolute Gasteiger partial charge is 0.126 e. The maximum atomic E-state index is 10.5. The van der Waals surface area contributed by atoms with Gasteiger partial charge in [0, 0.05) is 17.9 Å². The Morgan fingerprint density at radius 1 is 0.914 bits per heavy atom. The van der Waals surface area contributed by atoms with Gasteiger partial charge in [-0.1, -0.05) is 60.8 Å². The average molecular weight is 483 g/mol. The van der Waals surface area contributed by atoms with Crippen LogP contribution in [-0.2, 0) is 6.42 Å². The first-order chi connectivity index (χ1) is 16.3. The van der Waals surface area contributed by atoms with E-state index < -0.39 is 0 Å². The van der Waals surface area contributed by atoms with Crippen LogP contribution in [0, 0.1) is 55.8 Å². The number of ether oxygens (including phenoxy) is 1. The van der Waals surface area contributed by atoms with Gasteiger partial charge in [0.1, 0.15) is 17.6 Å². The summed E-state index contributed by atoms with van der Waals surface area (Å²) in [6.45, 7) is 20.5. The van der Waals surface area contributed by atoms with Gasteiger partial charge in [-0.25, -0.2) is 0 Å². The summed E-state index contributed by atoms with van der Waals surface area (Å²) >= 11 is 0. The van der Waals surface area contributed by atoms with E-state index in [1.54, 1.807) is 0 Å². The summed E-state index contributed by atoms with van der Waals surface area (Å²) in [6.07, 6.45) is 18.9. The lowest BCUT2D eigenvalue weighted by Crippen LogP contribution is -2.32. The maximum Gasteiger partial charge on any atom is 0.126 e. The number of hydrogen-bond donors (Lipinski definition) is 1. The van der Waals surface area contributed by atoms with E-state index >= 15 is 0 Å². The third-order valence-electron chi connectivity index (χ3n) is 8.73. The molecule has 2 heteroatoms. The molecule has 198 valence electrons. The Hall–Kier alpha value is -1.62. The van der Waals surface area contributed by atoms with Crippen LogP contribution >= 0.6 is 0 Å². The van der Waals surface area contributed by atoms with Crippen LogP contribution in [0.1, 0.15) is 128 Å². The second-order valence-electron chi connectivity index (χ2n) is 13.4. The Morgan fingerprint density at radius 2 is 1.51 bits per heavy atom. The van der Waals surface area contributed by atoms with Crippen LogP contribution < -0.4 is 4.74 Å². The van der Waals surface area contributed by atoms with E-state index in [1.165, 1.54) is 50.5 Å². The van der Waals surface area contributed by atoms with Crippen LogP contribution in [0.5, 0.6) is 11.5 Å². The molecule has 2 atom stereocenters.